The van der Waals surface area contributed by atoms with Crippen LogP contribution in [0.15, 0.2) is 23.5 Å². The van der Waals surface area contributed by atoms with Gasteiger partial charge in [0, 0.05) is 45.7 Å². The molecule has 1 fully saturated rings. The molecule has 2 rings (SSSR count). The van der Waals surface area contributed by atoms with Crippen LogP contribution in [0.5, 0.6) is 0 Å². The first-order chi connectivity index (χ1) is 9.72. The second kappa shape index (κ2) is 9.24. The number of rotatable bonds is 6. The van der Waals surface area contributed by atoms with Crippen molar-refractivity contribution in [3.8, 4) is 0 Å². The standard InChI is InChI=1S/C14H25N5O.HI/c1-14(6-3-11-20-14)12-17-13(15-2)16-7-4-9-19-10-5-8-18-19;/h5,8,10H,3-4,6-7,9,11-12H2,1-2H3,(H2,15,16,17);1H. The molecule has 0 radical (unpaired) electrons. The lowest BCUT2D eigenvalue weighted by molar-refractivity contribution is 0.0243. The Morgan fingerprint density at radius 2 is 2.33 bits per heavy atom. The molecule has 0 aromatic carbocycles. The van der Waals surface area contributed by atoms with Gasteiger partial charge in [-0.3, -0.25) is 9.67 Å². The van der Waals surface area contributed by atoms with Crippen molar-refractivity contribution in [3.63, 3.8) is 0 Å². The van der Waals surface area contributed by atoms with Crippen LogP contribution in [0.2, 0.25) is 0 Å². The SMILES string of the molecule is CN=C(NCCCn1cccn1)NCC1(C)CCCO1.I. The molecule has 1 unspecified atom stereocenters. The Balaban J connectivity index is 0.00000220. The van der Waals surface area contributed by atoms with Gasteiger partial charge in [-0.15, -0.1) is 24.0 Å². The first kappa shape index (κ1) is 18.2. The van der Waals surface area contributed by atoms with Crippen LogP contribution in [0, 0.1) is 0 Å². The fraction of sp³-hybridized carbons (Fsp3) is 0.714. The summed E-state index contributed by atoms with van der Waals surface area (Å²) < 4.78 is 7.69. The van der Waals surface area contributed by atoms with Crippen LogP contribution >= 0.6 is 24.0 Å². The highest BCUT2D eigenvalue weighted by Crippen LogP contribution is 2.23. The van der Waals surface area contributed by atoms with E-state index in [0.717, 1.165) is 51.5 Å². The molecule has 120 valence electrons. The topological polar surface area (TPSA) is 63.5 Å². The average Bonchev–Trinajstić information content (AvgIpc) is 3.10. The van der Waals surface area contributed by atoms with E-state index in [4.69, 9.17) is 4.74 Å². The van der Waals surface area contributed by atoms with Crippen LogP contribution in [-0.4, -0.2) is 48.1 Å². The van der Waals surface area contributed by atoms with Crippen LogP contribution in [-0.2, 0) is 11.3 Å². The van der Waals surface area contributed by atoms with E-state index in [1.54, 1.807) is 13.2 Å². The molecule has 0 aliphatic carbocycles. The van der Waals surface area contributed by atoms with Gasteiger partial charge in [0.15, 0.2) is 5.96 Å². The molecule has 0 spiro atoms. The minimum atomic E-state index is -0.0489. The van der Waals surface area contributed by atoms with Gasteiger partial charge >= 0.3 is 0 Å². The van der Waals surface area contributed by atoms with Gasteiger partial charge < -0.3 is 15.4 Å². The van der Waals surface area contributed by atoms with Gasteiger partial charge in [-0.05, 0) is 32.3 Å². The fourth-order valence-corrected chi connectivity index (χ4v) is 2.35. The average molecular weight is 407 g/mol. The summed E-state index contributed by atoms with van der Waals surface area (Å²) in [6, 6.07) is 1.94. The molecule has 1 aromatic heterocycles. The summed E-state index contributed by atoms with van der Waals surface area (Å²) in [5.74, 6) is 0.835. The second-order valence-corrected chi connectivity index (χ2v) is 5.38. The minimum Gasteiger partial charge on any atom is -0.373 e. The molecule has 2 heterocycles. The van der Waals surface area contributed by atoms with Gasteiger partial charge in [-0.25, -0.2) is 0 Å². The lowest BCUT2D eigenvalue weighted by Gasteiger charge is -2.24. The van der Waals surface area contributed by atoms with E-state index < -0.39 is 0 Å². The molecule has 21 heavy (non-hydrogen) atoms. The second-order valence-electron chi connectivity index (χ2n) is 5.38. The number of halogens is 1. The summed E-state index contributed by atoms with van der Waals surface area (Å²) in [5.41, 5.74) is -0.0489. The zero-order chi connectivity index (χ0) is 14.3. The van der Waals surface area contributed by atoms with Gasteiger partial charge in [-0.2, -0.15) is 5.10 Å². The Kier molecular flexibility index (Phi) is 8.02. The van der Waals surface area contributed by atoms with E-state index in [-0.39, 0.29) is 29.6 Å². The Labute approximate surface area is 143 Å². The monoisotopic (exact) mass is 407 g/mol. The highest BCUT2D eigenvalue weighted by molar-refractivity contribution is 14.0. The Hall–Kier alpha value is -0.830. The number of nitrogens with zero attached hydrogens (tertiary/aromatic N) is 3. The molecule has 1 aliphatic rings. The van der Waals surface area contributed by atoms with Crippen LogP contribution in [0.1, 0.15) is 26.2 Å². The van der Waals surface area contributed by atoms with Crippen molar-refractivity contribution in [1.29, 1.82) is 0 Å². The molecule has 1 saturated heterocycles. The zero-order valence-corrected chi connectivity index (χ0v) is 15.2. The van der Waals surface area contributed by atoms with Crippen LogP contribution in [0.25, 0.3) is 0 Å². The number of aromatic nitrogens is 2. The van der Waals surface area contributed by atoms with E-state index in [1.807, 2.05) is 16.9 Å². The zero-order valence-electron chi connectivity index (χ0n) is 12.8. The predicted octanol–water partition coefficient (Wildman–Crippen LogP) is 1.63. The molecule has 1 aromatic rings. The normalized spacial score (nSPS) is 21.9. The van der Waals surface area contributed by atoms with Crippen LogP contribution < -0.4 is 10.6 Å². The maximum atomic E-state index is 5.75. The third-order valence-corrected chi connectivity index (χ3v) is 3.57. The minimum absolute atomic E-state index is 0. The van der Waals surface area contributed by atoms with Crippen molar-refractivity contribution < 1.29 is 4.74 Å². The molecule has 7 heteroatoms. The smallest absolute Gasteiger partial charge is 0.191 e. The maximum Gasteiger partial charge on any atom is 0.191 e. The summed E-state index contributed by atoms with van der Waals surface area (Å²) in [6.07, 6.45) is 7.04. The molecule has 2 N–H and O–H groups in total. The maximum absolute atomic E-state index is 5.75. The van der Waals surface area contributed by atoms with E-state index in [0.29, 0.717) is 0 Å². The highest BCUT2D eigenvalue weighted by Gasteiger charge is 2.29. The molecular formula is C14H26IN5O. The van der Waals surface area contributed by atoms with E-state index >= 15 is 0 Å². The number of hydrogen-bond acceptors (Lipinski definition) is 3. The summed E-state index contributed by atoms with van der Waals surface area (Å²) in [5, 5.41) is 10.8. The molecule has 0 bridgehead atoms. The van der Waals surface area contributed by atoms with Crippen molar-refractivity contribution in [2.45, 2.75) is 38.3 Å². The van der Waals surface area contributed by atoms with E-state index in [1.165, 1.54) is 0 Å². The van der Waals surface area contributed by atoms with Gasteiger partial charge in [0.2, 0.25) is 0 Å². The number of hydrogen-bond donors (Lipinski definition) is 2. The first-order valence-electron chi connectivity index (χ1n) is 7.28. The lowest BCUT2D eigenvalue weighted by Crippen LogP contribution is -2.45. The largest absolute Gasteiger partial charge is 0.373 e. The van der Waals surface area contributed by atoms with Gasteiger partial charge in [0.05, 0.1) is 5.60 Å². The van der Waals surface area contributed by atoms with E-state index in [2.05, 4.69) is 27.6 Å². The number of aryl methyl sites for hydroxylation is 1. The van der Waals surface area contributed by atoms with Crippen molar-refractivity contribution in [1.82, 2.24) is 20.4 Å². The molecule has 0 saturated carbocycles. The lowest BCUT2D eigenvalue weighted by atomic mass is 10.0. The molecule has 1 aliphatic heterocycles. The van der Waals surface area contributed by atoms with Crippen molar-refractivity contribution in [2.75, 3.05) is 26.7 Å². The van der Waals surface area contributed by atoms with Crippen molar-refractivity contribution in [3.05, 3.63) is 18.5 Å². The third-order valence-electron chi connectivity index (χ3n) is 3.57. The Morgan fingerprint density at radius 3 is 2.95 bits per heavy atom. The van der Waals surface area contributed by atoms with Crippen molar-refractivity contribution >= 4 is 29.9 Å². The first-order valence-corrected chi connectivity index (χ1v) is 7.28. The highest BCUT2D eigenvalue weighted by atomic mass is 127. The van der Waals surface area contributed by atoms with Gasteiger partial charge in [0.1, 0.15) is 0 Å². The Morgan fingerprint density at radius 1 is 1.48 bits per heavy atom. The molecule has 6 nitrogen and oxygen atoms in total. The Bertz CT molecular complexity index is 415. The summed E-state index contributed by atoms with van der Waals surface area (Å²) in [4.78, 5) is 4.23. The number of guanidine groups is 1. The summed E-state index contributed by atoms with van der Waals surface area (Å²) in [6.45, 7) is 5.60. The quantitative estimate of drug-likeness (QED) is 0.326. The predicted molar refractivity (Wildman–Crippen MR) is 95.2 cm³/mol. The third kappa shape index (κ3) is 6.21. The number of ether oxygens (including phenoxy) is 1. The number of aliphatic imine (C=N–C) groups is 1. The fourth-order valence-electron chi connectivity index (χ4n) is 2.35. The summed E-state index contributed by atoms with van der Waals surface area (Å²) in [7, 11) is 1.79. The molecule has 1 atom stereocenters. The summed E-state index contributed by atoms with van der Waals surface area (Å²) >= 11 is 0. The van der Waals surface area contributed by atoms with Gasteiger partial charge in [0.25, 0.3) is 0 Å². The van der Waals surface area contributed by atoms with Crippen molar-refractivity contribution in [2.24, 2.45) is 4.99 Å². The van der Waals surface area contributed by atoms with E-state index in [9.17, 15) is 0 Å². The molecule has 0 amide bonds. The van der Waals surface area contributed by atoms with Crippen LogP contribution in [0.4, 0.5) is 0 Å². The van der Waals surface area contributed by atoms with Gasteiger partial charge in [-0.1, -0.05) is 0 Å². The number of nitrogens with one attached hydrogen (secondary N) is 2. The molecular weight excluding hydrogens is 381 g/mol. The van der Waals surface area contributed by atoms with Crippen LogP contribution in [0.3, 0.4) is 0 Å².